The number of rotatable bonds is 1. The van der Waals surface area contributed by atoms with Gasteiger partial charge in [0.25, 0.3) is 17.4 Å². The normalized spacial score (nSPS) is 13.9. The topological polar surface area (TPSA) is 84.6 Å². The SMILES string of the molecule is Cc1nn2c3c(sc2nc1=O)C(=O)N(c1ccc(Cl)cc1)C3=O. The van der Waals surface area contributed by atoms with Crippen LogP contribution in [-0.2, 0) is 0 Å². The van der Waals surface area contributed by atoms with E-state index in [1.54, 1.807) is 24.3 Å². The molecule has 0 fully saturated rings. The molecule has 2 amide bonds. The lowest BCUT2D eigenvalue weighted by Crippen LogP contribution is -2.30. The molecule has 3 heterocycles. The second-order valence-corrected chi connectivity index (χ2v) is 6.31. The summed E-state index contributed by atoms with van der Waals surface area (Å²) >= 11 is 6.81. The second kappa shape index (κ2) is 4.71. The fourth-order valence-electron chi connectivity index (χ4n) is 2.36. The first-order chi connectivity index (χ1) is 11.0. The van der Waals surface area contributed by atoms with Gasteiger partial charge >= 0.3 is 0 Å². The third-order valence-corrected chi connectivity index (χ3v) is 4.72. The van der Waals surface area contributed by atoms with Crippen LogP contribution in [0.3, 0.4) is 0 Å². The molecule has 1 aliphatic rings. The maximum atomic E-state index is 12.7. The van der Waals surface area contributed by atoms with Crippen LogP contribution in [-0.4, -0.2) is 26.4 Å². The van der Waals surface area contributed by atoms with Gasteiger partial charge in [-0.15, -0.1) is 0 Å². The van der Waals surface area contributed by atoms with Gasteiger partial charge in [-0.1, -0.05) is 22.9 Å². The standard InChI is InChI=1S/C14H7ClN4O3S/c1-6-11(20)16-14-19(17-6)9-10(23-14)13(22)18(12(9)21)8-4-2-7(15)3-5-8/h2-5H,1H3. The van der Waals surface area contributed by atoms with Crippen LogP contribution in [0.5, 0.6) is 0 Å². The van der Waals surface area contributed by atoms with Crippen molar-refractivity contribution in [1.29, 1.82) is 0 Å². The first-order valence-electron chi connectivity index (χ1n) is 6.52. The van der Waals surface area contributed by atoms with Gasteiger partial charge in [0, 0.05) is 5.02 Å². The molecular weight excluding hydrogens is 340 g/mol. The summed E-state index contributed by atoms with van der Waals surface area (Å²) in [4.78, 5) is 42.2. The number of nitrogens with zero attached hydrogens (tertiary/aromatic N) is 4. The minimum atomic E-state index is -0.504. The van der Waals surface area contributed by atoms with Crippen molar-refractivity contribution in [3.63, 3.8) is 0 Å². The Morgan fingerprint density at radius 2 is 1.78 bits per heavy atom. The number of anilines is 1. The van der Waals surface area contributed by atoms with Crippen molar-refractivity contribution in [2.45, 2.75) is 6.92 Å². The molecule has 1 aliphatic heterocycles. The Kier molecular flexibility index (Phi) is 2.87. The van der Waals surface area contributed by atoms with E-state index in [4.69, 9.17) is 11.6 Å². The predicted octanol–water partition coefficient (Wildman–Crippen LogP) is 1.91. The average molecular weight is 347 g/mol. The highest BCUT2D eigenvalue weighted by Crippen LogP contribution is 2.33. The van der Waals surface area contributed by atoms with E-state index in [0.717, 1.165) is 16.2 Å². The van der Waals surface area contributed by atoms with Gasteiger partial charge < -0.3 is 0 Å². The summed E-state index contributed by atoms with van der Waals surface area (Å²) in [5.41, 5.74) is 0.236. The third kappa shape index (κ3) is 1.92. The van der Waals surface area contributed by atoms with E-state index in [1.807, 2.05) is 0 Å². The zero-order chi connectivity index (χ0) is 16.3. The Morgan fingerprint density at radius 3 is 2.48 bits per heavy atom. The van der Waals surface area contributed by atoms with Crippen molar-refractivity contribution >= 4 is 45.4 Å². The van der Waals surface area contributed by atoms with E-state index in [2.05, 4.69) is 10.1 Å². The van der Waals surface area contributed by atoms with Crippen molar-refractivity contribution in [2.24, 2.45) is 0 Å². The first kappa shape index (κ1) is 14.0. The lowest BCUT2D eigenvalue weighted by atomic mass is 10.3. The third-order valence-electron chi connectivity index (χ3n) is 3.45. The smallest absolute Gasteiger partial charge is 0.267 e. The van der Waals surface area contributed by atoms with Gasteiger partial charge in [-0.05, 0) is 31.2 Å². The minimum absolute atomic E-state index is 0.126. The van der Waals surface area contributed by atoms with Gasteiger partial charge in [-0.3, -0.25) is 14.4 Å². The minimum Gasteiger partial charge on any atom is -0.267 e. The predicted molar refractivity (Wildman–Crippen MR) is 84.5 cm³/mol. The molecule has 0 saturated heterocycles. The molecule has 0 N–H and O–H groups in total. The zero-order valence-corrected chi connectivity index (χ0v) is 13.2. The van der Waals surface area contributed by atoms with Crippen LogP contribution in [0.25, 0.3) is 4.96 Å². The van der Waals surface area contributed by atoms with E-state index >= 15 is 0 Å². The average Bonchev–Trinajstić information content (AvgIpc) is 2.98. The fraction of sp³-hybridized carbons (Fsp3) is 0.0714. The molecule has 23 heavy (non-hydrogen) atoms. The molecule has 9 heteroatoms. The molecule has 0 unspecified atom stereocenters. The number of benzene rings is 1. The fourth-order valence-corrected chi connectivity index (χ4v) is 3.46. The monoisotopic (exact) mass is 346 g/mol. The number of hydrogen-bond donors (Lipinski definition) is 0. The second-order valence-electron chi connectivity index (χ2n) is 4.90. The van der Waals surface area contributed by atoms with Crippen LogP contribution < -0.4 is 10.5 Å². The Morgan fingerprint density at radius 1 is 1.09 bits per heavy atom. The number of carbonyl (C=O) groups is 2. The van der Waals surface area contributed by atoms with Crippen molar-refractivity contribution in [3.05, 3.63) is 55.9 Å². The van der Waals surface area contributed by atoms with Gasteiger partial charge in [0.1, 0.15) is 10.6 Å². The van der Waals surface area contributed by atoms with Crippen LogP contribution in [0.2, 0.25) is 5.02 Å². The number of halogens is 1. The van der Waals surface area contributed by atoms with Crippen molar-refractivity contribution in [3.8, 4) is 0 Å². The Bertz CT molecular complexity index is 1050. The van der Waals surface area contributed by atoms with Crippen LogP contribution in [0.15, 0.2) is 29.1 Å². The molecule has 7 nitrogen and oxygen atoms in total. The van der Waals surface area contributed by atoms with Gasteiger partial charge in [0.2, 0.25) is 4.96 Å². The van der Waals surface area contributed by atoms with E-state index in [9.17, 15) is 14.4 Å². The van der Waals surface area contributed by atoms with Crippen molar-refractivity contribution in [2.75, 3.05) is 4.90 Å². The Hall–Kier alpha value is -2.58. The summed E-state index contributed by atoms with van der Waals surface area (Å²) in [5, 5.41) is 4.57. The number of imide groups is 1. The molecule has 3 aromatic rings. The Balaban J connectivity index is 1.92. The van der Waals surface area contributed by atoms with Crippen LogP contribution >= 0.6 is 22.9 Å². The highest BCUT2D eigenvalue weighted by molar-refractivity contribution is 7.19. The molecule has 0 aliphatic carbocycles. The molecule has 1 aromatic carbocycles. The maximum absolute atomic E-state index is 12.7. The van der Waals surface area contributed by atoms with Gasteiger partial charge in [-0.25, -0.2) is 4.90 Å². The van der Waals surface area contributed by atoms with Gasteiger partial charge in [0.05, 0.1) is 5.69 Å². The Labute approximate surface area is 137 Å². The van der Waals surface area contributed by atoms with E-state index in [1.165, 1.54) is 11.4 Å². The van der Waals surface area contributed by atoms with Crippen molar-refractivity contribution in [1.82, 2.24) is 14.6 Å². The van der Waals surface area contributed by atoms with E-state index < -0.39 is 17.4 Å². The summed E-state index contributed by atoms with van der Waals surface area (Å²) in [7, 11) is 0. The summed E-state index contributed by atoms with van der Waals surface area (Å²) in [6, 6.07) is 6.38. The first-order valence-corrected chi connectivity index (χ1v) is 7.71. The molecule has 2 aromatic heterocycles. The number of thiazole rings is 1. The number of hydrogen-bond acceptors (Lipinski definition) is 6. The molecular formula is C14H7ClN4O3S. The van der Waals surface area contributed by atoms with E-state index in [-0.39, 0.29) is 21.2 Å². The van der Waals surface area contributed by atoms with E-state index in [0.29, 0.717) is 10.7 Å². The van der Waals surface area contributed by atoms with Crippen LogP contribution in [0.1, 0.15) is 25.9 Å². The molecule has 0 spiro atoms. The van der Waals surface area contributed by atoms with Gasteiger partial charge in [0.15, 0.2) is 5.69 Å². The lowest BCUT2D eigenvalue weighted by Gasteiger charge is -2.13. The number of amides is 2. The molecule has 0 radical (unpaired) electrons. The van der Waals surface area contributed by atoms with Crippen LogP contribution in [0.4, 0.5) is 5.69 Å². The van der Waals surface area contributed by atoms with Crippen LogP contribution in [0, 0.1) is 6.92 Å². The number of fused-ring (bicyclic) bond motifs is 3. The largest absolute Gasteiger partial charge is 0.295 e. The number of aromatic nitrogens is 3. The summed E-state index contributed by atoms with van der Waals surface area (Å²) in [6.07, 6.45) is 0. The number of aryl methyl sites for hydroxylation is 1. The van der Waals surface area contributed by atoms with Gasteiger partial charge in [-0.2, -0.15) is 14.6 Å². The molecule has 114 valence electrons. The molecule has 0 bridgehead atoms. The highest BCUT2D eigenvalue weighted by Gasteiger charge is 2.41. The quantitative estimate of drug-likeness (QED) is 0.628. The molecule has 0 atom stereocenters. The maximum Gasteiger partial charge on any atom is 0.295 e. The lowest BCUT2D eigenvalue weighted by molar-refractivity contribution is 0.0924. The molecule has 4 rings (SSSR count). The number of carbonyl (C=O) groups excluding carboxylic acids is 2. The summed E-state index contributed by atoms with van der Waals surface area (Å²) in [6.45, 7) is 1.50. The summed E-state index contributed by atoms with van der Waals surface area (Å²) < 4.78 is 1.26. The summed E-state index contributed by atoms with van der Waals surface area (Å²) in [5.74, 6) is -0.967. The zero-order valence-electron chi connectivity index (χ0n) is 11.6. The molecule has 0 saturated carbocycles. The highest BCUT2D eigenvalue weighted by atomic mass is 35.5. The van der Waals surface area contributed by atoms with Crippen molar-refractivity contribution < 1.29 is 9.59 Å².